The summed E-state index contributed by atoms with van der Waals surface area (Å²) in [5.41, 5.74) is 0. The van der Waals surface area contributed by atoms with E-state index < -0.39 is 0 Å². The minimum atomic E-state index is 1.12. The molecule has 1 nitrogen and oxygen atoms in total. The second-order valence-electron chi connectivity index (χ2n) is 6.34. The molecule has 4 rings (SSSR count). The molecule has 0 atom stereocenters. The molecule has 4 aliphatic rings. The lowest BCUT2D eigenvalue weighted by Gasteiger charge is -2.54. The number of nitrogens with one attached hydrogen (secondary N) is 1. The molecule has 4 fully saturated rings. The average molecular weight is 207 g/mol. The molecule has 4 bridgehead atoms. The lowest BCUT2D eigenvalue weighted by atomic mass is 9.51. The lowest BCUT2D eigenvalue weighted by molar-refractivity contribution is -0.0401. The van der Waals surface area contributed by atoms with E-state index in [1.807, 2.05) is 0 Å². The van der Waals surface area contributed by atoms with E-state index in [1.165, 1.54) is 19.4 Å². The normalized spacial score (nSPS) is 47.4. The maximum absolute atomic E-state index is 3.29. The van der Waals surface area contributed by atoms with E-state index in [4.69, 9.17) is 0 Å². The Morgan fingerprint density at radius 3 is 2.07 bits per heavy atom. The van der Waals surface area contributed by atoms with Crippen molar-refractivity contribution >= 4 is 0 Å². The van der Waals surface area contributed by atoms with Crippen molar-refractivity contribution in [1.82, 2.24) is 5.32 Å². The largest absolute Gasteiger partial charge is 0.320 e. The Labute approximate surface area is 94.0 Å². The summed E-state index contributed by atoms with van der Waals surface area (Å²) >= 11 is 0. The third kappa shape index (κ3) is 1.84. The topological polar surface area (TPSA) is 12.0 Å². The number of hydrogen-bond acceptors (Lipinski definition) is 1. The van der Waals surface area contributed by atoms with Crippen molar-refractivity contribution < 1.29 is 0 Å². The van der Waals surface area contributed by atoms with Crippen LogP contribution in [0.15, 0.2) is 0 Å². The van der Waals surface area contributed by atoms with Crippen molar-refractivity contribution in [2.24, 2.45) is 29.6 Å². The molecule has 0 aromatic heterocycles. The molecular formula is C14H25N. The smallest absolute Gasteiger partial charge is 0.00518 e. The van der Waals surface area contributed by atoms with Crippen molar-refractivity contribution in [3.63, 3.8) is 0 Å². The van der Waals surface area contributed by atoms with Crippen LogP contribution in [0.2, 0.25) is 0 Å². The Kier molecular flexibility index (Phi) is 2.76. The molecule has 1 N–H and O–H groups in total. The second kappa shape index (κ2) is 4.08. The molecule has 0 aliphatic heterocycles. The van der Waals surface area contributed by atoms with E-state index >= 15 is 0 Å². The zero-order chi connectivity index (χ0) is 10.3. The van der Waals surface area contributed by atoms with Gasteiger partial charge in [-0.25, -0.2) is 0 Å². The van der Waals surface area contributed by atoms with Crippen LogP contribution in [0.3, 0.4) is 0 Å². The summed E-state index contributed by atoms with van der Waals surface area (Å²) in [7, 11) is 2.08. The minimum absolute atomic E-state index is 1.12. The SMILES string of the molecule is CNCCCC1C2CC3CC(C2)CC1C3. The van der Waals surface area contributed by atoms with Crippen molar-refractivity contribution in [2.45, 2.75) is 44.9 Å². The molecule has 86 valence electrons. The first-order valence-electron chi connectivity index (χ1n) is 7.01. The van der Waals surface area contributed by atoms with Gasteiger partial charge < -0.3 is 5.32 Å². The van der Waals surface area contributed by atoms with E-state index in [9.17, 15) is 0 Å². The summed E-state index contributed by atoms with van der Waals surface area (Å²) in [6.45, 7) is 1.22. The van der Waals surface area contributed by atoms with Crippen LogP contribution < -0.4 is 5.32 Å². The molecule has 0 spiro atoms. The first-order valence-corrected chi connectivity index (χ1v) is 7.01. The molecule has 0 aromatic rings. The molecule has 0 saturated heterocycles. The van der Waals surface area contributed by atoms with Gasteiger partial charge >= 0.3 is 0 Å². The van der Waals surface area contributed by atoms with Crippen molar-refractivity contribution in [3.8, 4) is 0 Å². The summed E-state index contributed by atoms with van der Waals surface area (Å²) in [4.78, 5) is 0. The summed E-state index contributed by atoms with van der Waals surface area (Å²) < 4.78 is 0. The van der Waals surface area contributed by atoms with Gasteiger partial charge in [0.05, 0.1) is 0 Å². The fourth-order valence-electron chi connectivity index (χ4n) is 5.02. The monoisotopic (exact) mass is 207 g/mol. The van der Waals surface area contributed by atoms with Gasteiger partial charge in [0.2, 0.25) is 0 Å². The van der Waals surface area contributed by atoms with Gasteiger partial charge in [0, 0.05) is 0 Å². The predicted molar refractivity (Wildman–Crippen MR) is 63.7 cm³/mol. The molecule has 0 amide bonds. The van der Waals surface area contributed by atoms with Gasteiger partial charge in [0.15, 0.2) is 0 Å². The van der Waals surface area contributed by atoms with E-state index in [0.717, 1.165) is 29.6 Å². The predicted octanol–water partition coefficient (Wildman–Crippen LogP) is 3.06. The highest BCUT2D eigenvalue weighted by atomic mass is 14.8. The molecule has 4 aliphatic carbocycles. The van der Waals surface area contributed by atoms with Crippen LogP contribution in [0.25, 0.3) is 0 Å². The molecule has 15 heavy (non-hydrogen) atoms. The van der Waals surface area contributed by atoms with Gasteiger partial charge in [0.1, 0.15) is 0 Å². The molecule has 0 radical (unpaired) electrons. The highest BCUT2D eigenvalue weighted by Gasteiger charge is 2.47. The molecule has 0 aromatic carbocycles. The molecule has 4 saturated carbocycles. The van der Waals surface area contributed by atoms with E-state index in [2.05, 4.69) is 12.4 Å². The molecule has 0 unspecified atom stereocenters. The summed E-state index contributed by atoms with van der Waals surface area (Å²) in [6.07, 6.45) is 10.9. The Balaban J connectivity index is 1.60. The summed E-state index contributed by atoms with van der Waals surface area (Å²) in [5, 5.41) is 3.29. The lowest BCUT2D eigenvalue weighted by Crippen LogP contribution is -2.45. The first kappa shape index (κ1) is 10.1. The quantitative estimate of drug-likeness (QED) is 0.699. The molecule has 1 heteroatoms. The Morgan fingerprint density at radius 2 is 1.53 bits per heavy atom. The summed E-state index contributed by atoms with van der Waals surface area (Å²) in [6, 6.07) is 0. The minimum Gasteiger partial charge on any atom is -0.320 e. The van der Waals surface area contributed by atoms with Gasteiger partial charge in [-0.3, -0.25) is 0 Å². The van der Waals surface area contributed by atoms with E-state index in [-0.39, 0.29) is 0 Å². The van der Waals surface area contributed by atoms with Crippen molar-refractivity contribution in [3.05, 3.63) is 0 Å². The third-order valence-electron chi connectivity index (χ3n) is 5.39. The summed E-state index contributed by atoms with van der Waals surface area (Å²) in [5.74, 6) is 5.68. The molecular weight excluding hydrogens is 182 g/mol. The third-order valence-corrected chi connectivity index (χ3v) is 5.39. The number of hydrogen-bond donors (Lipinski definition) is 1. The Bertz CT molecular complexity index is 195. The zero-order valence-corrected chi connectivity index (χ0v) is 10.0. The van der Waals surface area contributed by atoms with Crippen LogP contribution in [-0.2, 0) is 0 Å². The van der Waals surface area contributed by atoms with Crippen LogP contribution in [0.4, 0.5) is 0 Å². The van der Waals surface area contributed by atoms with Gasteiger partial charge in [-0.15, -0.1) is 0 Å². The number of rotatable bonds is 4. The standard InChI is InChI=1S/C14H25N/c1-15-4-2-3-14-12-6-10-5-11(8-12)9-13(14)7-10/h10-15H,2-9H2,1H3. The average Bonchev–Trinajstić information content (AvgIpc) is 2.21. The maximum Gasteiger partial charge on any atom is -0.00518 e. The second-order valence-corrected chi connectivity index (χ2v) is 6.34. The van der Waals surface area contributed by atoms with Crippen LogP contribution in [0.1, 0.15) is 44.9 Å². The fraction of sp³-hybridized carbons (Fsp3) is 1.00. The van der Waals surface area contributed by atoms with Gasteiger partial charge in [-0.1, -0.05) is 0 Å². The van der Waals surface area contributed by atoms with Gasteiger partial charge in [0.25, 0.3) is 0 Å². The maximum atomic E-state index is 3.29. The first-order chi connectivity index (χ1) is 7.36. The van der Waals surface area contributed by atoms with Crippen molar-refractivity contribution in [1.29, 1.82) is 0 Å². The highest BCUT2D eigenvalue weighted by molar-refractivity contribution is 4.97. The van der Waals surface area contributed by atoms with Crippen LogP contribution >= 0.6 is 0 Å². The van der Waals surface area contributed by atoms with Gasteiger partial charge in [-0.2, -0.15) is 0 Å². The highest BCUT2D eigenvalue weighted by Crippen LogP contribution is 2.57. The fourth-order valence-corrected chi connectivity index (χ4v) is 5.02. The van der Waals surface area contributed by atoms with Crippen LogP contribution in [0.5, 0.6) is 0 Å². The van der Waals surface area contributed by atoms with Crippen LogP contribution in [0, 0.1) is 29.6 Å². The zero-order valence-electron chi connectivity index (χ0n) is 10.0. The van der Waals surface area contributed by atoms with Crippen molar-refractivity contribution in [2.75, 3.05) is 13.6 Å². The Hall–Kier alpha value is -0.0400. The Morgan fingerprint density at radius 1 is 0.933 bits per heavy atom. The van der Waals surface area contributed by atoms with Gasteiger partial charge in [-0.05, 0) is 88.1 Å². The van der Waals surface area contributed by atoms with Crippen LogP contribution in [-0.4, -0.2) is 13.6 Å². The molecule has 0 heterocycles. The van der Waals surface area contributed by atoms with E-state index in [1.54, 1.807) is 32.1 Å². The van der Waals surface area contributed by atoms with E-state index in [0.29, 0.717) is 0 Å².